The van der Waals surface area contributed by atoms with Crippen LogP contribution in [0, 0.1) is 11.8 Å². The lowest BCUT2D eigenvalue weighted by Gasteiger charge is -2.17. The minimum atomic E-state index is -3.44. The van der Waals surface area contributed by atoms with Crippen LogP contribution >= 0.6 is 0 Å². The minimum Gasteiger partial charge on any atom is -0.254 e. The number of halogens is 5. The maximum absolute atomic E-state index is 14.7. The maximum atomic E-state index is 14.7. The Bertz CT molecular complexity index is 1310. The summed E-state index contributed by atoms with van der Waals surface area (Å²) in [7, 11) is 0. The van der Waals surface area contributed by atoms with Crippen LogP contribution in [0.15, 0.2) is 115 Å². The van der Waals surface area contributed by atoms with Gasteiger partial charge in [0.15, 0.2) is 0 Å². The van der Waals surface area contributed by atoms with Gasteiger partial charge in [0.25, 0.3) is 5.92 Å². The minimum absolute atomic E-state index is 0.00791. The number of rotatable bonds is 12. The molecule has 0 spiro atoms. The molecular formula is C33H32F5N. The van der Waals surface area contributed by atoms with Crippen LogP contribution in [0.2, 0.25) is 0 Å². The van der Waals surface area contributed by atoms with Crippen molar-refractivity contribution < 1.29 is 22.0 Å². The van der Waals surface area contributed by atoms with E-state index in [4.69, 9.17) is 0 Å². The third kappa shape index (κ3) is 10.7. The van der Waals surface area contributed by atoms with Crippen LogP contribution in [0.5, 0.6) is 0 Å². The molecule has 1 heterocycles. The van der Waals surface area contributed by atoms with E-state index in [0.29, 0.717) is 24.5 Å². The summed E-state index contributed by atoms with van der Waals surface area (Å²) in [6, 6.07) is 10.1. The Morgan fingerprint density at radius 2 is 1.64 bits per heavy atom. The molecule has 1 aromatic heterocycles. The number of benzene rings is 1. The Kier molecular flexibility index (Phi) is 12.4. The van der Waals surface area contributed by atoms with Crippen LogP contribution in [-0.4, -0.2) is 4.98 Å². The standard InChI is InChI=1S/C33H32F5N/c1-5-9-24(4)20-30(35)11-8-10-25-12-14-26(15-13-25)16-17-27-18-19-32(39-23-27)33(37,38)22-28(6-2)31(36)21-29(34)7-3/h5,7,9,12-15,18-21,23H,1,3,6,8,10-11,22H2,2,4H3/b24-9-,29-21+,30-20+,31-28-. The first-order valence-corrected chi connectivity index (χ1v) is 12.6. The molecule has 6 heteroatoms. The fraction of sp³-hybridized carbons (Fsp3) is 0.242. The molecular weight excluding hydrogens is 505 g/mol. The topological polar surface area (TPSA) is 12.9 Å². The van der Waals surface area contributed by atoms with Crippen molar-refractivity contribution in [3.05, 3.63) is 137 Å². The monoisotopic (exact) mass is 537 g/mol. The van der Waals surface area contributed by atoms with Gasteiger partial charge in [-0.15, -0.1) is 0 Å². The predicted molar refractivity (Wildman–Crippen MR) is 149 cm³/mol. The molecule has 2 rings (SSSR count). The summed E-state index contributed by atoms with van der Waals surface area (Å²) in [4.78, 5) is 3.83. The zero-order valence-electron chi connectivity index (χ0n) is 22.2. The fourth-order valence-electron chi connectivity index (χ4n) is 3.62. The van der Waals surface area contributed by atoms with Crippen LogP contribution in [0.4, 0.5) is 22.0 Å². The predicted octanol–water partition coefficient (Wildman–Crippen LogP) is 9.94. The first kappa shape index (κ1) is 31.2. The quantitative estimate of drug-likeness (QED) is 0.149. The third-order valence-corrected chi connectivity index (χ3v) is 5.75. The van der Waals surface area contributed by atoms with Crippen molar-refractivity contribution >= 4 is 0 Å². The number of hydrogen-bond donors (Lipinski definition) is 0. The Labute approximate surface area is 227 Å². The molecule has 39 heavy (non-hydrogen) atoms. The summed E-state index contributed by atoms with van der Waals surface area (Å²) in [5.41, 5.74) is 2.30. The second-order valence-electron chi connectivity index (χ2n) is 8.89. The zero-order valence-corrected chi connectivity index (χ0v) is 22.2. The second-order valence-corrected chi connectivity index (χ2v) is 8.89. The van der Waals surface area contributed by atoms with Crippen molar-refractivity contribution in [2.24, 2.45) is 0 Å². The smallest absolute Gasteiger partial charge is 0.254 e. The van der Waals surface area contributed by atoms with E-state index in [0.717, 1.165) is 35.3 Å². The highest BCUT2D eigenvalue weighted by molar-refractivity contribution is 5.43. The van der Waals surface area contributed by atoms with Crippen LogP contribution < -0.4 is 0 Å². The molecule has 0 aliphatic rings. The molecule has 0 atom stereocenters. The second kappa shape index (κ2) is 15.4. The normalized spacial score (nSPS) is 13.4. The molecule has 0 unspecified atom stereocenters. The number of pyridine rings is 1. The number of allylic oxidation sites excluding steroid dienone is 10. The highest BCUT2D eigenvalue weighted by atomic mass is 19.3. The summed E-state index contributed by atoms with van der Waals surface area (Å²) in [6.45, 7) is 10.1. The van der Waals surface area contributed by atoms with Crippen LogP contribution in [0.25, 0.3) is 0 Å². The molecule has 0 aliphatic carbocycles. The van der Waals surface area contributed by atoms with Crippen LogP contribution in [0.1, 0.15) is 61.9 Å². The Morgan fingerprint density at radius 3 is 2.23 bits per heavy atom. The van der Waals surface area contributed by atoms with Crippen molar-refractivity contribution in [1.29, 1.82) is 0 Å². The number of nitrogens with zero attached hydrogens (tertiary/aromatic N) is 1. The summed E-state index contributed by atoms with van der Waals surface area (Å²) >= 11 is 0. The van der Waals surface area contributed by atoms with Crippen LogP contribution in [-0.2, 0) is 12.3 Å². The van der Waals surface area contributed by atoms with Gasteiger partial charge in [0.05, 0.1) is 0 Å². The van der Waals surface area contributed by atoms with E-state index in [9.17, 15) is 22.0 Å². The third-order valence-electron chi connectivity index (χ3n) is 5.75. The van der Waals surface area contributed by atoms with E-state index in [-0.39, 0.29) is 17.8 Å². The van der Waals surface area contributed by atoms with Gasteiger partial charge in [0, 0.05) is 29.8 Å². The average molecular weight is 538 g/mol. The number of hydrogen-bond acceptors (Lipinski definition) is 1. The van der Waals surface area contributed by atoms with Crippen molar-refractivity contribution in [3.8, 4) is 11.8 Å². The highest BCUT2D eigenvalue weighted by Crippen LogP contribution is 2.36. The fourth-order valence-corrected chi connectivity index (χ4v) is 3.62. The van der Waals surface area contributed by atoms with Crippen molar-refractivity contribution in [1.82, 2.24) is 4.98 Å². The molecule has 0 saturated carbocycles. The van der Waals surface area contributed by atoms with Gasteiger partial charge in [0.1, 0.15) is 23.2 Å². The van der Waals surface area contributed by atoms with E-state index < -0.39 is 29.7 Å². The molecule has 2 aromatic rings. The lowest BCUT2D eigenvalue weighted by atomic mass is 10.0. The van der Waals surface area contributed by atoms with E-state index in [2.05, 4.69) is 30.0 Å². The molecule has 0 fully saturated rings. The molecule has 0 bridgehead atoms. The zero-order chi connectivity index (χ0) is 28.8. The molecule has 0 radical (unpaired) electrons. The summed E-state index contributed by atoms with van der Waals surface area (Å²) in [5.74, 6) is 0.259. The highest BCUT2D eigenvalue weighted by Gasteiger charge is 2.34. The lowest BCUT2D eigenvalue weighted by Crippen LogP contribution is -2.16. The molecule has 0 saturated heterocycles. The molecule has 1 nitrogen and oxygen atoms in total. The maximum Gasteiger partial charge on any atom is 0.293 e. The number of aromatic nitrogens is 1. The molecule has 0 amide bonds. The Hall–Kier alpha value is -3.98. The van der Waals surface area contributed by atoms with Gasteiger partial charge in [0.2, 0.25) is 0 Å². The Balaban J connectivity index is 2.01. The number of aryl methyl sites for hydroxylation is 1. The van der Waals surface area contributed by atoms with Crippen LogP contribution in [0.3, 0.4) is 0 Å². The van der Waals surface area contributed by atoms with Gasteiger partial charge >= 0.3 is 0 Å². The summed E-state index contributed by atoms with van der Waals surface area (Å²) in [6.07, 6.45) is 8.26. The van der Waals surface area contributed by atoms with Gasteiger partial charge in [-0.1, -0.05) is 56.2 Å². The van der Waals surface area contributed by atoms with E-state index in [1.165, 1.54) is 25.3 Å². The SMILES string of the molecule is C=C/C=C(C)\C=C(\F)CCCc1ccc(C#Cc2ccc(C(F)(F)C/C(CC)=C(F)/C=C(/F)C=C)nc2)cc1. The molecule has 0 N–H and O–H groups in total. The van der Waals surface area contributed by atoms with Gasteiger partial charge < -0.3 is 0 Å². The van der Waals surface area contributed by atoms with Gasteiger partial charge in [-0.25, -0.2) is 13.2 Å². The van der Waals surface area contributed by atoms with E-state index in [1.54, 1.807) is 12.2 Å². The van der Waals surface area contributed by atoms with Crippen molar-refractivity contribution in [2.75, 3.05) is 0 Å². The molecule has 0 aliphatic heterocycles. The van der Waals surface area contributed by atoms with Crippen molar-refractivity contribution in [2.45, 2.75) is 51.9 Å². The van der Waals surface area contributed by atoms with Gasteiger partial charge in [-0.2, -0.15) is 8.78 Å². The van der Waals surface area contributed by atoms with E-state index >= 15 is 0 Å². The van der Waals surface area contributed by atoms with Gasteiger partial charge in [-0.3, -0.25) is 4.98 Å². The first-order chi connectivity index (χ1) is 18.6. The van der Waals surface area contributed by atoms with Gasteiger partial charge in [-0.05, 0) is 85.7 Å². The summed E-state index contributed by atoms with van der Waals surface area (Å²) in [5, 5.41) is 0. The van der Waals surface area contributed by atoms with E-state index in [1.807, 2.05) is 31.2 Å². The largest absolute Gasteiger partial charge is 0.293 e. The molecule has 1 aromatic carbocycles. The first-order valence-electron chi connectivity index (χ1n) is 12.6. The summed E-state index contributed by atoms with van der Waals surface area (Å²) < 4.78 is 70.9. The lowest BCUT2D eigenvalue weighted by molar-refractivity contribution is -0.00940. The number of alkyl halides is 2. The average Bonchev–Trinajstić information content (AvgIpc) is 2.91. The Morgan fingerprint density at radius 1 is 0.974 bits per heavy atom. The molecule has 204 valence electrons. The van der Waals surface area contributed by atoms with Crippen molar-refractivity contribution in [3.63, 3.8) is 0 Å².